The number of hydrogen-bond acceptors (Lipinski definition) is 8. The molecule has 3 aromatic rings. The number of hydrogen-bond donors (Lipinski definition) is 1. The van der Waals surface area contributed by atoms with Gasteiger partial charge in [0.05, 0.1) is 50.9 Å². The molecule has 1 fully saturated rings. The van der Waals surface area contributed by atoms with Crippen molar-refractivity contribution in [2.45, 2.75) is 19.6 Å². The average Bonchev–Trinajstić information content (AvgIpc) is 3.38. The molecule has 35 heavy (non-hydrogen) atoms. The molecule has 2 aromatic carbocycles. The van der Waals surface area contributed by atoms with E-state index in [0.29, 0.717) is 42.2 Å². The molecule has 2 aliphatic rings. The fourth-order valence-electron chi connectivity index (χ4n) is 4.19. The minimum atomic E-state index is 0.460. The number of ether oxygens (including phenoxy) is 4. The minimum absolute atomic E-state index is 0.460. The SMILES string of the molecule is COc1cc(Nc2nc(-c3cccc(OCCCN4CCOCC4)c3)nc3c2COC3)ccc1Cl. The molecule has 2 aliphatic heterocycles. The van der Waals surface area contributed by atoms with E-state index >= 15 is 0 Å². The zero-order chi connectivity index (χ0) is 24.0. The van der Waals surface area contributed by atoms with Crippen LogP contribution in [0.4, 0.5) is 11.5 Å². The van der Waals surface area contributed by atoms with Crippen LogP contribution in [0.15, 0.2) is 42.5 Å². The monoisotopic (exact) mass is 496 g/mol. The van der Waals surface area contributed by atoms with Gasteiger partial charge in [0.1, 0.15) is 17.3 Å². The quantitative estimate of drug-likeness (QED) is 0.428. The summed E-state index contributed by atoms with van der Waals surface area (Å²) in [6.07, 6.45) is 0.968. The standard InChI is InChI=1S/C26H29ClN4O4/c1-32-24-15-19(6-7-22(24)27)28-26-21-16-34-17-23(21)29-25(30-26)18-4-2-5-20(14-18)35-11-3-8-31-9-12-33-13-10-31/h2,4-7,14-15H,3,8-13,16-17H2,1H3,(H,28,29,30). The molecule has 1 saturated heterocycles. The molecular formula is C26H29ClN4O4. The van der Waals surface area contributed by atoms with Crippen molar-refractivity contribution in [2.75, 3.05) is 51.9 Å². The van der Waals surface area contributed by atoms with Gasteiger partial charge in [-0.3, -0.25) is 4.90 Å². The van der Waals surface area contributed by atoms with Crippen LogP contribution in [0.2, 0.25) is 5.02 Å². The lowest BCUT2D eigenvalue weighted by Crippen LogP contribution is -2.37. The lowest BCUT2D eigenvalue weighted by Gasteiger charge is -2.26. The molecule has 5 rings (SSSR count). The van der Waals surface area contributed by atoms with Crippen molar-refractivity contribution in [3.05, 3.63) is 58.7 Å². The van der Waals surface area contributed by atoms with E-state index in [9.17, 15) is 0 Å². The molecule has 0 bridgehead atoms. The number of nitrogens with one attached hydrogen (secondary N) is 1. The summed E-state index contributed by atoms with van der Waals surface area (Å²) in [7, 11) is 1.59. The van der Waals surface area contributed by atoms with Gasteiger partial charge >= 0.3 is 0 Å². The van der Waals surface area contributed by atoms with E-state index in [2.05, 4.69) is 10.2 Å². The highest BCUT2D eigenvalue weighted by Gasteiger charge is 2.21. The van der Waals surface area contributed by atoms with E-state index in [0.717, 1.165) is 67.5 Å². The maximum Gasteiger partial charge on any atom is 0.162 e. The average molecular weight is 497 g/mol. The highest BCUT2D eigenvalue weighted by Crippen LogP contribution is 2.33. The molecular weight excluding hydrogens is 468 g/mol. The summed E-state index contributed by atoms with van der Waals surface area (Å²) in [6, 6.07) is 13.4. The molecule has 0 aliphatic carbocycles. The van der Waals surface area contributed by atoms with Crippen molar-refractivity contribution in [2.24, 2.45) is 0 Å². The normalized spacial score (nSPS) is 15.6. The number of benzene rings is 2. The van der Waals surface area contributed by atoms with Crippen LogP contribution < -0.4 is 14.8 Å². The molecule has 184 valence electrons. The smallest absolute Gasteiger partial charge is 0.162 e. The Morgan fingerprint density at radius 3 is 2.80 bits per heavy atom. The van der Waals surface area contributed by atoms with Gasteiger partial charge in [0.25, 0.3) is 0 Å². The fraction of sp³-hybridized carbons (Fsp3) is 0.385. The minimum Gasteiger partial charge on any atom is -0.495 e. The van der Waals surface area contributed by atoms with Crippen LogP contribution in [0, 0.1) is 0 Å². The molecule has 3 heterocycles. The predicted octanol–water partition coefficient (Wildman–Crippen LogP) is 4.68. The number of morpholine rings is 1. The zero-order valence-corrected chi connectivity index (χ0v) is 20.5. The Labute approximate surface area is 210 Å². The predicted molar refractivity (Wildman–Crippen MR) is 135 cm³/mol. The maximum atomic E-state index is 6.18. The number of halogens is 1. The third-order valence-electron chi connectivity index (χ3n) is 6.08. The second kappa shape index (κ2) is 11.2. The summed E-state index contributed by atoms with van der Waals surface area (Å²) in [5, 5.41) is 3.94. The first-order chi connectivity index (χ1) is 17.2. The van der Waals surface area contributed by atoms with Gasteiger partial charge in [-0.2, -0.15) is 0 Å². The van der Waals surface area contributed by atoms with Gasteiger partial charge in [-0.1, -0.05) is 23.7 Å². The lowest BCUT2D eigenvalue weighted by atomic mass is 10.1. The molecule has 1 aromatic heterocycles. The Balaban J connectivity index is 1.31. The number of rotatable bonds is 9. The molecule has 0 radical (unpaired) electrons. The van der Waals surface area contributed by atoms with Gasteiger partial charge in [-0.05, 0) is 30.7 Å². The summed E-state index contributed by atoms with van der Waals surface area (Å²) in [6.45, 7) is 6.22. The Kier molecular flexibility index (Phi) is 7.63. The second-order valence-electron chi connectivity index (χ2n) is 8.47. The van der Waals surface area contributed by atoms with E-state index in [-0.39, 0.29) is 0 Å². The van der Waals surface area contributed by atoms with Crippen LogP contribution >= 0.6 is 11.6 Å². The van der Waals surface area contributed by atoms with E-state index in [1.165, 1.54) is 0 Å². The van der Waals surface area contributed by atoms with Gasteiger partial charge in [-0.25, -0.2) is 9.97 Å². The van der Waals surface area contributed by atoms with Crippen LogP contribution in [-0.4, -0.2) is 61.4 Å². The van der Waals surface area contributed by atoms with Crippen molar-refractivity contribution >= 4 is 23.1 Å². The molecule has 1 N–H and O–H groups in total. The maximum absolute atomic E-state index is 6.18. The summed E-state index contributed by atoms with van der Waals surface area (Å²) in [5.41, 5.74) is 3.55. The summed E-state index contributed by atoms with van der Waals surface area (Å²) in [4.78, 5) is 12.0. The van der Waals surface area contributed by atoms with Gasteiger partial charge < -0.3 is 24.3 Å². The van der Waals surface area contributed by atoms with Crippen LogP contribution in [0.25, 0.3) is 11.4 Å². The molecule has 0 spiro atoms. The third-order valence-corrected chi connectivity index (χ3v) is 6.39. The highest BCUT2D eigenvalue weighted by atomic mass is 35.5. The third kappa shape index (κ3) is 5.85. The van der Waals surface area contributed by atoms with E-state index in [1.54, 1.807) is 13.2 Å². The number of anilines is 2. The molecule has 0 atom stereocenters. The first-order valence-electron chi connectivity index (χ1n) is 11.8. The zero-order valence-electron chi connectivity index (χ0n) is 19.8. The molecule has 0 amide bonds. The van der Waals surface area contributed by atoms with Crippen LogP contribution in [0.5, 0.6) is 11.5 Å². The van der Waals surface area contributed by atoms with Gasteiger partial charge in [0, 0.05) is 42.5 Å². The number of nitrogens with zero attached hydrogens (tertiary/aromatic N) is 3. The van der Waals surface area contributed by atoms with Crippen molar-refractivity contribution in [1.82, 2.24) is 14.9 Å². The van der Waals surface area contributed by atoms with Crippen molar-refractivity contribution < 1.29 is 18.9 Å². The van der Waals surface area contributed by atoms with Crippen molar-refractivity contribution in [3.8, 4) is 22.9 Å². The Hall–Kier alpha value is -2.91. The topological polar surface area (TPSA) is 78.0 Å². The summed E-state index contributed by atoms with van der Waals surface area (Å²) >= 11 is 6.18. The van der Waals surface area contributed by atoms with E-state index < -0.39 is 0 Å². The highest BCUT2D eigenvalue weighted by molar-refractivity contribution is 6.32. The Morgan fingerprint density at radius 1 is 1.06 bits per heavy atom. The lowest BCUT2D eigenvalue weighted by molar-refractivity contribution is 0.0358. The van der Waals surface area contributed by atoms with Crippen molar-refractivity contribution in [3.63, 3.8) is 0 Å². The first kappa shape index (κ1) is 23.8. The van der Waals surface area contributed by atoms with E-state index in [1.807, 2.05) is 36.4 Å². The van der Waals surface area contributed by atoms with Crippen molar-refractivity contribution in [1.29, 1.82) is 0 Å². The number of aromatic nitrogens is 2. The molecule has 8 nitrogen and oxygen atoms in total. The van der Waals surface area contributed by atoms with E-state index in [4.69, 9.17) is 40.5 Å². The van der Waals surface area contributed by atoms with Gasteiger partial charge in [0.2, 0.25) is 0 Å². The second-order valence-corrected chi connectivity index (χ2v) is 8.88. The summed E-state index contributed by atoms with van der Waals surface area (Å²) in [5.74, 6) is 2.74. The van der Waals surface area contributed by atoms with Crippen LogP contribution in [0.3, 0.4) is 0 Å². The fourth-order valence-corrected chi connectivity index (χ4v) is 4.38. The first-order valence-corrected chi connectivity index (χ1v) is 12.2. The van der Waals surface area contributed by atoms with Crippen LogP contribution in [-0.2, 0) is 22.7 Å². The largest absolute Gasteiger partial charge is 0.495 e. The molecule has 0 unspecified atom stereocenters. The van der Waals surface area contributed by atoms with Gasteiger partial charge in [-0.15, -0.1) is 0 Å². The number of fused-ring (bicyclic) bond motifs is 1. The Morgan fingerprint density at radius 2 is 1.94 bits per heavy atom. The van der Waals surface area contributed by atoms with Gasteiger partial charge in [0.15, 0.2) is 5.82 Å². The number of methoxy groups -OCH3 is 1. The van der Waals surface area contributed by atoms with Crippen LogP contribution in [0.1, 0.15) is 17.7 Å². The molecule has 9 heteroatoms. The molecule has 0 saturated carbocycles. The Bertz CT molecular complexity index is 1170. The summed E-state index contributed by atoms with van der Waals surface area (Å²) < 4.78 is 22.4.